The lowest BCUT2D eigenvalue weighted by molar-refractivity contribution is -0.142. The minimum atomic E-state index is -0.372. The van der Waals surface area contributed by atoms with Crippen molar-refractivity contribution in [1.29, 1.82) is 0 Å². The van der Waals surface area contributed by atoms with E-state index < -0.39 is 0 Å². The van der Waals surface area contributed by atoms with Gasteiger partial charge in [-0.2, -0.15) is 0 Å². The molecule has 1 aromatic carbocycles. The number of esters is 1. The topological polar surface area (TPSA) is 26.3 Å². The first kappa shape index (κ1) is 10.2. The predicted octanol–water partition coefficient (Wildman–Crippen LogP) is 2.65. The van der Waals surface area contributed by atoms with Crippen molar-refractivity contribution >= 4 is 21.9 Å². The summed E-state index contributed by atoms with van der Waals surface area (Å²) in [5, 5.41) is 0. The number of ether oxygens (including phenoxy) is 1. The number of carbonyl (C=O) groups is 1. The Balaban J connectivity index is 2.68. The van der Waals surface area contributed by atoms with Gasteiger partial charge in [-0.3, -0.25) is 4.79 Å². The Morgan fingerprint density at radius 3 is 2.85 bits per heavy atom. The lowest BCUT2D eigenvalue weighted by Crippen LogP contribution is -1.99. The van der Waals surface area contributed by atoms with E-state index in [2.05, 4.69) is 15.9 Å². The zero-order valence-electron chi connectivity index (χ0n) is 7.01. The standard InChI is InChI=1S/C9H8BrFO2/c1-6(12)13-5-7-2-3-8(10)9(11)4-7/h2-4H,5H2,1H3. The third-order valence-electron chi connectivity index (χ3n) is 1.43. The summed E-state index contributed by atoms with van der Waals surface area (Å²) in [5.41, 5.74) is 0.635. The van der Waals surface area contributed by atoms with E-state index in [1.807, 2.05) is 0 Å². The summed E-state index contributed by atoms with van der Waals surface area (Å²) in [7, 11) is 0. The molecule has 0 radical (unpaired) electrons. The first-order chi connectivity index (χ1) is 6.09. The summed E-state index contributed by atoms with van der Waals surface area (Å²) >= 11 is 3.03. The molecule has 0 fully saturated rings. The molecule has 0 aliphatic carbocycles. The van der Waals surface area contributed by atoms with E-state index in [0.717, 1.165) is 0 Å². The highest BCUT2D eigenvalue weighted by Gasteiger charge is 2.01. The van der Waals surface area contributed by atoms with Crippen LogP contribution in [-0.2, 0) is 16.1 Å². The zero-order chi connectivity index (χ0) is 9.84. The van der Waals surface area contributed by atoms with Crippen LogP contribution < -0.4 is 0 Å². The first-order valence-electron chi connectivity index (χ1n) is 3.67. The SMILES string of the molecule is CC(=O)OCc1ccc(Br)c(F)c1. The summed E-state index contributed by atoms with van der Waals surface area (Å²) in [5.74, 6) is -0.729. The molecule has 0 saturated heterocycles. The normalized spacial score (nSPS) is 9.77. The van der Waals surface area contributed by atoms with Gasteiger partial charge in [-0.05, 0) is 33.6 Å². The van der Waals surface area contributed by atoms with E-state index in [-0.39, 0.29) is 18.4 Å². The summed E-state index contributed by atoms with van der Waals surface area (Å²) in [6.45, 7) is 1.43. The van der Waals surface area contributed by atoms with Crippen molar-refractivity contribution in [2.24, 2.45) is 0 Å². The van der Waals surface area contributed by atoms with Crippen LogP contribution in [0.4, 0.5) is 4.39 Å². The average Bonchev–Trinajstić information content (AvgIpc) is 2.07. The maximum atomic E-state index is 12.9. The molecule has 0 aliphatic rings. The molecule has 1 rings (SSSR count). The quantitative estimate of drug-likeness (QED) is 0.751. The maximum absolute atomic E-state index is 12.9. The maximum Gasteiger partial charge on any atom is 0.302 e. The van der Waals surface area contributed by atoms with Crippen molar-refractivity contribution in [3.05, 3.63) is 34.1 Å². The number of hydrogen-bond acceptors (Lipinski definition) is 2. The van der Waals surface area contributed by atoms with Crippen LogP contribution in [0, 0.1) is 5.82 Å². The van der Waals surface area contributed by atoms with Crippen LogP contribution in [0.3, 0.4) is 0 Å². The van der Waals surface area contributed by atoms with Gasteiger partial charge in [0.15, 0.2) is 0 Å². The Labute approximate surface area is 83.8 Å². The number of hydrogen-bond donors (Lipinski definition) is 0. The van der Waals surface area contributed by atoms with Gasteiger partial charge in [-0.25, -0.2) is 4.39 Å². The summed E-state index contributed by atoms with van der Waals surface area (Å²) < 4.78 is 18.0. The van der Waals surface area contributed by atoms with Crippen molar-refractivity contribution < 1.29 is 13.9 Å². The van der Waals surface area contributed by atoms with Gasteiger partial charge in [-0.15, -0.1) is 0 Å². The molecule has 0 aromatic heterocycles. The molecule has 70 valence electrons. The van der Waals surface area contributed by atoms with Crippen molar-refractivity contribution in [2.45, 2.75) is 13.5 Å². The minimum Gasteiger partial charge on any atom is -0.461 e. The van der Waals surface area contributed by atoms with Crippen molar-refractivity contribution in [1.82, 2.24) is 0 Å². The summed E-state index contributed by atoms with van der Waals surface area (Å²) in [6, 6.07) is 4.59. The molecule has 0 bridgehead atoms. The van der Waals surface area contributed by atoms with E-state index in [9.17, 15) is 9.18 Å². The van der Waals surface area contributed by atoms with Crippen LogP contribution in [0.15, 0.2) is 22.7 Å². The van der Waals surface area contributed by atoms with E-state index >= 15 is 0 Å². The van der Waals surface area contributed by atoms with E-state index in [1.54, 1.807) is 12.1 Å². The van der Waals surface area contributed by atoms with Gasteiger partial charge in [0.1, 0.15) is 12.4 Å². The zero-order valence-corrected chi connectivity index (χ0v) is 8.60. The molecule has 4 heteroatoms. The minimum absolute atomic E-state index is 0.111. The summed E-state index contributed by atoms with van der Waals surface area (Å²) in [6.07, 6.45) is 0. The molecule has 0 amide bonds. The van der Waals surface area contributed by atoms with Gasteiger partial charge in [0.05, 0.1) is 4.47 Å². The van der Waals surface area contributed by atoms with Crippen LogP contribution in [0.2, 0.25) is 0 Å². The van der Waals surface area contributed by atoms with Gasteiger partial charge in [-0.1, -0.05) is 6.07 Å². The second-order valence-electron chi connectivity index (χ2n) is 2.53. The molecule has 0 spiro atoms. The van der Waals surface area contributed by atoms with E-state index in [4.69, 9.17) is 4.74 Å². The number of carbonyl (C=O) groups excluding carboxylic acids is 1. The molecule has 0 heterocycles. The lowest BCUT2D eigenvalue weighted by Gasteiger charge is -2.02. The molecule has 2 nitrogen and oxygen atoms in total. The average molecular weight is 247 g/mol. The third-order valence-corrected chi connectivity index (χ3v) is 2.07. The predicted molar refractivity (Wildman–Crippen MR) is 49.6 cm³/mol. The Hall–Kier alpha value is -0.900. The largest absolute Gasteiger partial charge is 0.461 e. The number of benzene rings is 1. The molecular formula is C9H8BrFO2. The van der Waals surface area contributed by atoms with Crippen LogP contribution in [0.5, 0.6) is 0 Å². The fourth-order valence-corrected chi connectivity index (χ4v) is 1.06. The second-order valence-corrected chi connectivity index (χ2v) is 3.38. The molecule has 0 aliphatic heterocycles. The third kappa shape index (κ3) is 3.14. The molecule has 0 atom stereocenters. The summed E-state index contributed by atoms with van der Waals surface area (Å²) in [4.78, 5) is 10.4. The lowest BCUT2D eigenvalue weighted by atomic mass is 10.2. The van der Waals surface area contributed by atoms with Crippen LogP contribution >= 0.6 is 15.9 Å². The number of halogens is 2. The van der Waals surface area contributed by atoms with Crippen LogP contribution in [0.25, 0.3) is 0 Å². The highest BCUT2D eigenvalue weighted by Crippen LogP contribution is 2.16. The molecule has 1 aromatic rings. The van der Waals surface area contributed by atoms with Crippen molar-refractivity contribution in [3.8, 4) is 0 Å². The second kappa shape index (κ2) is 4.37. The highest BCUT2D eigenvalue weighted by atomic mass is 79.9. The fraction of sp³-hybridized carbons (Fsp3) is 0.222. The molecule has 13 heavy (non-hydrogen) atoms. The van der Waals surface area contributed by atoms with Gasteiger partial charge in [0, 0.05) is 6.92 Å². The molecule has 0 saturated carbocycles. The smallest absolute Gasteiger partial charge is 0.302 e. The van der Waals surface area contributed by atoms with E-state index in [0.29, 0.717) is 10.0 Å². The van der Waals surface area contributed by atoms with E-state index in [1.165, 1.54) is 13.0 Å². The van der Waals surface area contributed by atoms with Gasteiger partial charge in [0.25, 0.3) is 0 Å². The van der Waals surface area contributed by atoms with Gasteiger partial charge >= 0.3 is 5.97 Å². The Kier molecular flexibility index (Phi) is 3.42. The highest BCUT2D eigenvalue weighted by molar-refractivity contribution is 9.10. The van der Waals surface area contributed by atoms with Crippen molar-refractivity contribution in [2.75, 3.05) is 0 Å². The number of rotatable bonds is 2. The monoisotopic (exact) mass is 246 g/mol. The van der Waals surface area contributed by atoms with Crippen LogP contribution in [0.1, 0.15) is 12.5 Å². The first-order valence-corrected chi connectivity index (χ1v) is 4.46. The fourth-order valence-electron chi connectivity index (χ4n) is 0.814. The molecule has 0 N–H and O–H groups in total. The molecule has 0 unspecified atom stereocenters. The van der Waals surface area contributed by atoms with Gasteiger partial charge in [0.2, 0.25) is 0 Å². The van der Waals surface area contributed by atoms with Gasteiger partial charge < -0.3 is 4.74 Å². The van der Waals surface area contributed by atoms with Crippen molar-refractivity contribution in [3.63, 3.8) is 0 Å². The molecular weight excluding hydrogens is 239 g/mol. The Morgan fingerprint density at radius 1 is 1.62 bits per heavy atom. The Morgan fingerprint density at radius 2 is 2.31 bits per heavy atom. The Bertz CT molecular complexity index is 325. The van der Waals surface area contributed by atoms with Crippen LogP contribution in [-0.4, -0.2) is 5.97 Å².